The molecule has 0 aromatic heterocycles. The van der Waals surface area contributed by atoms with E-state index in [1.54, 1.807) is 11.8 Å². The molecule has 0 atom stereocenters. The minimum absolute atomic E-state index is 0.487. The summed E-state index contributed by atoms with van der Waals surface area (Å²) in [6, 6.07) is 8.64. The van der Waals surface area contributed by atoms with Gasteiger partial charge in [0.15, 0.2) is 0 Å². The molecule has 1 saturated heterocycles. The van der Waals surface area contributed by atoms with Crippen molar-refractivity contribution in [1.29, 1.82) is 0 Å². The molecule has 4 heteroatoms. The molecule has 1 heterocycles. The van der Waals surface area contributed by atoms with Gasteiger partial charge in [0, 0.05) is 11.4 Å². The van der Waals surface area contributed by atoms with Crippen LogP contribution in [-0.4, -0.2) is 35.3 Å². The van der Waals surface area contributed by atoms with Crippen molar-refractivity contribution in [3.05, 3.63) is 29.8 Å². The first-order chi connectivity index (χ1) is 9.59. The van der Waals surface area contributed by atoms with Gasteiger partial charge in [-0.05, 0) is 56.3 Å². The molecular weight excluding hydrogens is 270 g/mol. The highest BCUT2D eigenvalue weighted by Gasteiger charge is 2.39. The number of likely N-dealkylation sites (tertiary alicyclic amines) is 1. The lowest BCUT2D eigenvalue weighted by Gasteiger charge is -2.38. The van der Waals surface area contributed by atoms with Gasteiger partial charge in [0.25, 0.3) is 0 Å². The number of hydrogen-bond donors (Lipinski definition) is 1. The molecule has 20 heavy (non-hydrogen) atoms. The lowest BCUT2D eigenvalue weighted by molar-refractivity contribution is -0.152. The monoisotopic (exact) mass is 293 g/mol. The maximum absolute atomic E-state index is 11.4. The highest BCUT2D eigenvalue weighted by atomic mass is 32.2. The fourth-order valence-corrected chi connectivity index (χ4v) is 3.26. The summed E-state index contributed by atoms with van der Waals surface area (Å²) in [6.45, 7) is 4.67. The van der Waals surface area contributed by atoms with E-state index < -0.39 is 11.4 Å². The Morgan fingerprint density at radius 3 is 2.35 bits per heavy atom. The smallest absolute Gasteiger partial charge is 0.309 e. The molecule has 1 aromatic rings. The number of aliphatic carboxylic acids is 1. The molecule has 1 aliphatic rings. The highest BCUT2D eigenvalue weighted by molar-refractivity contribution is 7.98. The average molecular weight is 293 g/mol. The quantitative estimate of drug-likeness (QED) is 0.844. The molecule has 0 spiro atoms. The van der Waals surface area contributed by atoms with Crippen molar-refractivity contribution < 1.29 is 9.90 Å². The molecule has 0 saturated carbocycles. The number of carboxylic acids is 1. The zero-order valence-corrected chi connectivity index (χ0v) is 13.1. The topological polar surface area (TPSA) is 40.5 Å². The van der Waals surface area contributed by atoms with E-state index in [0.717, 1.165) is 38.9 Å². The van der Waals surface area contributed by atoms with Crippen LogP contribution in [0, 0.1) is 5.41 Å². The van der Waals surface area contributed by atoms with E-state index in [-0.39, 0.29) is 0 Å². The van der Waals surface area contributed by atoms with Crippen molar-refractivity contribution in [2.45, 2.75) is 37.6 Å². The Hall–Kier alpha value is -1.00. The van der Waals surface area contributed by atoms with Gasteiger partial charge in [-0.25, -0.2) is 0 Å². The number of rotatable bonds is 5. The number of benzene rings is 1. The Balaban J connectivity index is 1.92. The Kier molecular flexibility index (Phi) is 5.11. The summed E-state index contributed by atoms with van der Waals surface area (Å²) >= 11 is 1.75. The Morgan fingerprint density at radius 2 is 1.90 bits per heavy atom. The molecule has 1 N–H and O–H groups in total. The third kappa shape index (κ3) is 3.36. The lowest BCUT2D eigenvalue weighted by atomic mass is 9.76. The van der Waals surface area contributed by atoms with Gasteiger partial charge in [0.05, 0.1) is 5.41 Å². The maximum Gasteiger partial charge on any atom is 0.309 e. The molecule has 0 bridgehead atoms. The van der Waals surface area contributed by atoms with Crippen molar-refractivity contribution in [1.82, 2.24) is 4.90 Å². The minimum atomic E-state index is -0.621. The van der Waals surface area contributed by atoms with E-state index in [9.17, 15) is 9.90 Å². The summed E-state index contributed by atoms with van der Waals surface area (Å²) in [4.78, 5) is 15.1. The van der Waals surface area contributed by atoms with Crippen LogP contribution in [0.15, 0.2) is 29.2 Å². The van der Waals surface area contributed by atoms with Crippen LogP contribution in [0.25, 0.3) is 0 Å². The van der Waals surface area contributed by atoms with Gasteiger partial charge in [-0.15, -0.1) is 11.8 Å². The first-order valence-corrected chi connectivity index (χ1v) is 8.41. The van der Waals surface area contributed by atoms with Crippen LogP contribution in [-0.2, 0) is 11.3 Å². The van der Waals surface area contributed by atoms with Crippen molar-refractivity contribution in [2.75, 3.05) is 19.3 Å². The van der Waals surface area contributed by atoms with Crippen LogP contribution in [0.5, 0.6) is 0 Å². The van der Waals surface area contributed by atoms with Crippen LogP contribution >= 0.6 is 11.8 Å². The molecule has 0 aliphatic carbocycles. The first kappa shape index (κ1) is 15.4. The minimum Gasteiger partial charge on any atom is -0.481 e. The third-order valence-electron chi connectivity index (χ3n) is 4.51. The predicted molar refractivity (Wildman–Crippen MR) is 83.1 cm³/mol. The fraction of sp³-hybridized carbons (Fsp3) is 0.562. The molecule has 2 rings (SSSR count). The molecule has 1 aromatic carbocycles. The zero-order chi connectivity index (χ0) is 14.6. The van der Waals surface area contributed by atoms with Gasteiger partial charge >= 0.3 is 5.97 Å². The van der Waals surface area contributed by atoms with Gasteiger partial charge in [-0.1, -0.05) is 19.1 Å². The van der Waals surface area contributed by atoms with Gasteiger partial charge in [0.2, 0.25) is 0 Å². The summed E-state index contributed by atoms with van der Waals surface area (Å²) in [7, 11) is 0. The number of thioether (sulfide) groups is 1. The number of hydrogen-bond acceptors (Lipinski definition) is 3. The van der Waals surface area contributed by atoms with Crippen molar-refractivity contribution >= 4 is 17.7 Å². The van der Waals surface area contributed by atoms with Crippen LogP contribution in [0.3, 0.4) is 0 Å². The van der Waals surface area contributed by atoms with Gasteiger partial charge < -0.3 is 5.11 Å². The van der Waals surface area contributed by atoms with Crippen molar-refractivity contribution in [3.8, 4) is 0 Å². The summed E-state index contributed by atoms with van der Waals surface area (Å²) < 4.78 is 0. The van der Waals surface area contributed by atoms with E-state index in [1.807, 2.05) is 6.92 Å². The molecule has 0 amide bonds. The highest BCUT2D eigenvalue weighted by Crippen LogP contribution is 2.35. The van der Waals surface area contributed by atoms with Crippen LogP contribution in [0.4, 0.5) is 0 Å². The van der Waals surface area contributed by atoms with Crippen molar-refractivity contribution in [2.24, 2.45) is 5.41 Å². The zero-order valence-electron chi connectivity index (χ0n) is 12.3. The molecule has 1 fully saturated rings. The molecule has 0 radical (unpaired) electrons. The number of piperidine rings is 1. The van der Waals surface area contributed by atoms with Crippen LogP contribution in [0.2, 0.25) is 0 Å². The molecule has 110 valence electrons. The first-order valence-electron chi connectivity index (χ1n) is 7.18. The summed E-state index contributed by atoms with van der Waals surface area (Å²) in [5.74, 6) is -0.621. The van der Waals surface area contributed by atoms with Gasteiger partial charge in [-0.3, -0.25) is 9.69 Å². The summed E-state index contributed by atoms with van der Waals surface area (Å²) in [6.07, 6.45) is 4.35. The van der Waals surface area contributed by atoms with Gasteiger partial charge in [0.1, 0.15) is 0 Å². The van der Waals surface area contributed by atoms with E-state index >= 15 is 0 Å². The number of carbonyl (C=O) groups is 1. The standard InChI is InChI=1S/C16H23NO2S/c1-3-16(15(18)19)8-10-17(11-9-16)12-13-4-6-14(20-2)7-5-13/h4-7H,3,8-12H2,1-2H3,(H,18,19). The molecular formula is C16H23NO2S. The predicted octanol–water partition coefficient (Wildman–Crippen LogP) is 3.49. The fourth-order valence-electron chi connectivity index (χ4n) is 2.85. The maximum atomic E-state index is 11.4. The normalized spacial score (nSPS) is 18.9. The Labute approximate surface area is 125 Å². The second-order valence-electron chi connectivity index (χ2n) is 5.56. The van der Waals surface area contributed by atoms with E-state index in [1.165, 1.54) is 10.5 Å². The van der Waals surface area contributed by atoms with Crippen molar-refractivity contribution in [3.63, 3.8) is 0 Å². The second-order valence-corrected chi connectivity index (χ2v) is 6.44. The van der Waals surface area contributed by atoms with E-state index in [2.05, 4.69) is 35.4 Å². The lowest BCUT2D eigenvalue weighted by Crippen LogP contribution is -2.43. The second kappa shape index (κ2) is 6.64. The van der Waals surface area contributed by atoms with E-state index in [4.69, 9.17) is 0 Å². The Morgan fingerprint density at radius 1 is 1.30 bits per heavy atom. The van der Waals surface area contributed by atoms with Gasteiger partial charge in [-0.2, -0.15) is 0 Å². The van der Waals surface area contributed by atoms with E-state index in [0.29, 0.717) is 0 Å². The summed E-state index contributed by atoms with van der Waals surface area (Å²) in [5, 5.41) is 9.40. The SMILES string of the molecule is CCC1(C(=O)O)CCN(Cc2ccc(SC)cc2)CC1. The Bertz CT molecular complexity index is 450. The van der Waals surface area contributed by atoms with Crippen LogP contribution in [0.1, 0.15) is 31.7 Å². The largest absolute Gasteiger partial charge is 0.481 e. The molecule has 1 aliphatic heterocycles. The van der Waals surface area contributed by atoms with Crippen LogP contribution < -0.4 is 0 Å². The number of carboxylic acid groups (broad SMARTS) is 1. The third-order valence-corrected chi connectivity index (χ3v) is 5.25. The summed E-state index contributed by atoms with van der Waals surface area (Å²) in [5.41, 5.74) is 0.821. The molecule has 0 unspecified atom stereocenters. The average Bonchev–Trinajstić information content (AvgIpc) is 2.49. The molecule has 3 nitrogen and oxygen atoms in total. The number of nitrogens with zero attached hydrogens (tertiary/aromatic N) is 1.